The fraction of sp³-hybridized carbons (Fsp3) is 0.500. The van der Waals surface area contributed by atoms with Crippen LogP contribution in [0.25, 0.3) is 0 Å². The SMILES string of the molecule is CC1CCC(Nc2cccc(Cl)c2C(N)=S)C1C. The number of rotatable bonds is 3. The van der Waals surface area contributed by atoms with Crippen LogP contribution in [0.2, 0.25) is 5.02 Å². The molecule has 0 radical (unpaired) electrons. The number of hydrogen-bond acceptors (Lipinski definition) is 2. The van der Waals surface area contributed by atoms with Gasteiger partial charge in [-0.15, -0.1) is 0 Å². The number of benzene rings is 1. The molecule has 0 saturated heterocycles. The minimum Gasteiger partial charge on any atom is -0.389 e. The number of anilines is 1. The monoisotopic (exact) mass is 282 g/mol. The predicted octanol–water partition coefficient (Wildman–Crippen LogP) is 3.82. The van der Waals surface area contributed by atoms with Crippen LogP contribution in [0.5, 0.6) is 0 Å². The Hall–Kier alpha value is -0.800. The summed E-state index contributed by atoms with van der Waals surface area (Å²) in [6, 6.07) is 6.22. The van der Waals surface area contributed by atoms with Crippen LogP contribution in [0.3, 0.4) is 0 Å². The lowest BCUT2D eigenvalue weighted by molar-refractivity contribution is 0.435. The van der Waals surface area contributed by atoms with Gasteiger partial charge in [0.15, 0.2) is 0 Å². The molecule has 1 aromatic carbocycles. The van der Waals surface area contributed by atoms with Gasteiger partial charge in [-0.3, -0.25) is 0 Å². The summed E-state index contributed by atoms with van der Waals surface area (Å²) in [5.41, 5.74) is 7.48. The average Bonchev–Trinajstić information content (AvgIpc) is 2.60. The Kier molecular flexibility index (Phi) is 4.13. The molecule has 1 aliphatic rings. The summed E-state index contributed by atoms with van der Waals surface area (Å²) in [6.07, 6.45) is 2.45. The first-order chi connectivity index (χ1) is 8.50. The molecule has 0 spiro atoms. The first-order valence-corrected chi connectivity index (χ1v) is 7.14. The second-order valence-corrected chi connectivity index (χ2v) is 6.04. The van der Waals surface area contributed by atoms with Crippen molar-refractivity contribution in [1.29, 1.82) is 0 Å². The third-order valence-electron chi connectivity index (χ3n) is 4.07. The largest absolute Gasteiger partial charge is 0.389 e. The molecular weight excluding hydrogens is 264 g/mol. The zero-order valence-electron chi connectivity index (χ0n) is 10.7. The quantitative estimate of drug-likeness (QED) is 0.828. The van der Waals surface area contributed by atoms with E-state index in [0.29, 0.717) is 22.0 Å². The van der Waals surface area contributed by atoms with Gasteiger partial charge < -0.3 is 11.1 Å². The second kappa shape index (κ2) is 5.45. The average molecular weight is 283 g/mol. The van der Waals surface area contributed by atoms with Gasteiger partial charge in [-0.25, -0.2) is 0 Å². The maximum absolute atomic E-state index is 6.17. The third kappa shape index (κ3) is 2.62. The van der Waals surface area contributed by atoms with Gasteiger partial charge in [0.25, 0.3) is 0 Å². The van der Waals surface area contributed by atoms with Crippen LogP contribution in [0.4, 0.5) is 5.69 Å². The van der Waals surface area contributed by atoms with E-state index in [9.17, 15) is 0 Å². The van der Waals surface area contributed by atoms with Gasteiger partial charge in [-0.2, -0.15) is 0 Å². The summed E-state index contributed by atoms with van der Waals surface area (Å²) in [5.74, 6) is 1.41. The Labute approximate surface area is 119 Å². The van der Waals surface area contributed by atoms with Gasteiger partial charge in [-0.05, 0) is 36.8 Å². The van der Waals surface area contributed by atoms with Gasteiger partial charge >= 0.3 is 0 Å². The Balaban J connectivity index is 2.24. The topological polar surface area (TPSA) is 38.0 Å². The standard InChI is InChI=1S/C14H19ClN2S/c1-8-6-7-11(9(8)2)17-12-5-3-4-10(15)13(12)14(16)18/h3-5,8-9,11,17H,6-7H2,1-2H3,(H2,16,18). The Morgan fingerprint density at radius 1 is 1.39 bits per heavy atom. The fourth-order valence-corrected chi connectivity index (χ4v) is 3.22. The zero-order chi connectivity index (χ0) is 13.3. The Bertz CT molecular complexity index is 461. The number of nitrogens with one attached hydrogen (secondary N) is 1. The van der Waals surface area contributed by atoms with Crippen LogP contribution in [-0.4, -0.2) is 11.0 Å². The van der Waals surface area contributed by atoms with Crippen molar-refractivity contribution in [3.05, 3.63) is 28.8 Å². The van der Waals surface area contributed by atoms with Crippen LogP contribution >= 0.6 is 23.8 Å². The molecule has 3 atom stereocenters. The third-order valence-corrected chi connectivity index (χ3v) is 4.59. The molecule has 2 nitrogen and oxygen atoms in total. The summed E-state index contributed by atoms with van der Waals surface area (Å²) in [7, 11) is 0. The first-order valence-electron chi connectivity index (χ1n) is 6.35. The van der Waals surface area contributed by atoms with Crippen LogP contribution in [0.15, 0.2) is 18.2 Å². The van der Waals surface area contributed by atoms with E-state index in [4.69, 9.17) is 29.6 Å². The van der Waals surface area contributed by atoms with Gasteiger partial charge in [0.1, 0.15) is 4.99 Å². The number of thiocarbonyl (C=S) groups is 1. The van der Waals surface area contributed by atoms with E-state index >= 15 is 0 Å². The summed E-state index contributed by atoms with van der Waals surface area (Å²) >= 11 is 11.3. The normalized spacial score (nSPS) is 27.2. The Morgan fingerprint density at radius 2 is 2.11 bits per heavy atom. The summed E-state index contributed by atoms with van der Waals surface area (Å²) < 4.78 is 0. The molecule has 0 aliphatic heterocycles. The molecule has 3 N–H and O–H groups in total. The molecule has 0 amide bonds. The van der Waals surface area contributed by atoms with Crippen molar-refractivity contribution in [2.24, 2.45) is 17.6 Å². The Morgan fingerprint density at radius 3 is 2.67 bits per heavy atom. The lowest BCUT2D eigenvalue weighted by atomic mass is 9.97. The highest BCUT2D eigenvalue weighted by molar-refractivity contribution is 7.80. The zero-order valence-corrected chi connectivity index (χ0v) is 12.3. The molecule has 3 unspecified atom stereocenters. The van der Waals surface area contributed by atoms with Crippen molar-refractivity contribution < 1.29 is 0 Å². The van der Waals surface area contributed by atoms with E-state index in [2.05, 4.69) is 19.2 Å². The summed E-state index contributed by atoms with van der Waals surface area (Å²) in [5, 5.41) is 4.18. The highest BCUT2D eigenvalue weighted by Gasteiger charge is 2.30. The van der Waals surface area contributed by atoms with Crippen molar-refractivity contribution in [3.63, 3.8) is 0 Å². The molecule has 1 aromatic rings. The van der Waals surface area contributed by atoms with E-state index in [1.165, 1.54) is 12.8 Å². The lowest BCUT2D eigenvalue weighted by Crippen LogP contribution is -2.26. The molecule has 0 aromatic heterocycles. The maximum Gasteiger partial charge on any atom is 0.107 e. The van der Waals surface area contributed by atoms with Gasteiger partial charge in [0.05, 0.1) is 10.6 Å². The van der Waals surface area contributed by atoms with Gasteiger partial charge in [-0.1, -0.05) is 43.7 Å². The maximum atomic E-state index is 6.17. The van der Waals surface area contributed by atoms with E-state index in [-0.39, 0.29) is 0 Å². The highest BCUT2D eigenvalue weighted by Crippen LogP contribution is 2.34. The van der Waals surface area contributed by atoms with Gasteiger partial charge in [0.2, 0.25) is 0 Å². The molecule has 0 heterocycles. The van der Waals surface area contributed by atoms with Crippen molar-refractivity contribution in [3.8, 4) is 0 Å². The smallest absolute Gasteiger partial charge is 0.107 e. The molecular formula is C14H19ClN2S. The van der Waals surface area contributed by atoms with Crippen LogP contribution < -0.4 is 11.1 Å². The highest BCUT2D eigenvalue weighted by atomic mass is 35.5. The molecule has 18 heavy (non-hydrogen) atoms. The minimum atomic E-state index is 0.349. The van der Waals surface area contributed by atoms with Crippen molar-refractivity contribution in [1.82, 2.24) is 0 Å². The van der Waals surface area contributed by atoms with E-state index in [1.54, 1.807) is 0 Å². The predicted molar refractivity (Wildman–Crippen MR) is 82.3 cm³/mol. The first kappa shape index (κ1) is 13.6. The lowest BCUT2D eigenvalue weighted by Gasteiger charge is -2.22. The van der Waals surface area contributed by atoms with E-state index in [1.807, 2.05) is 18.2 Å². The number of halogens is 1. The molecule has 1 saturated carbocycles. The number of hydrogen-bond donors (Lipinski definition) is 2. The molecule has 1 fully saturated rings. The van der Waals surface area contributed by atoms with E-state index < -0.39 is 0 Å². The minimum absolute atomic E-state index is 0.349. The van der Waals surface area contributed by atoms with Crippen LogP contribution in [0.1, 0.15) is 32.3 Å². The fourth-order valence-electron chi connectivity index (χ4n) is 2.66. The molecule has 2 rings (SSSR count). The second-order valence-electron chi connectivity index (χ2n) is 5.19. The molecule has 1 aliphatic carbocycles. The molecule has 98 valence electrons. The summed E-state index contributed by atoms with van der Waals surface area (Å²) in [4.78, 5) is 0.349. The summed E-state index contributed by atoms with van der Waals surface area (Å²) in [6.45, 7) is 4.60. The van der Waals surface area contributed by atoms with Crippen LogP contribution in [-0.2, 0) is 0 Å². The van der Waals surface area contributed by atoms with Crippen molar-refractivity contribution >= 4 is 34.5 Å². The van der Waals surface area contributed by atoms with Gasteiger partial charge in [0, 0.05) is 11.7 Å². The molecule has 4 heteroatoms. The van der Waals surface area contributed by atoms with Crippen LogP contribution in [0, 0.1) is 11.8 Å². The van der Waals surface area contributed by atoms with Crippen molar-refractivity contribution in [2.45, 2.75) is 32.7 Å². The molecule has 0 bridgehead atoms. The number of nitrogens with two attached hydrogens (primary N) is 1. The van der Waals surface area contributed by atoms with E-state index in [0.717, 1.165) is 17.2 Å². The van der Waals surface area contributed by atoms with Crippen molar-refractivity contribution in [2.75, 3.05) is 5.32 Å².